The van der Waals surface area contributed by atoms with E-state index in [0.29, 0.717) is 11.1 Å². The maximum absolute atomic E-state index is 10.6. The zero-order valence-electron chi connectivity index (χ0n) is 7.90. The van der Waals surface area contributed by atoms with Crippen molar-refractivity contribution in [1.82, 2.24) is 9.97 Å². The van der Waals surface area contributed by atoms with Gasteiger partial charge in [0.15, 0.2) is 0 Å². The minimum Gasteiger partial charge on any atom is -0.481 e. The molecular formula is C10H10N2O3. The molecule has 2 aromatic rings. The van der Waals surface area contributed by atoms with Gasteiger partial charge in [0.25, 0.3) is 0 Å². The normalized spacial score (nSPS) is 10.7. The van der Waals surface area contributed by atoms with E-state index < -0.39 is 5.97 Å². The third-order valence-corrected chi connectivity index (χ3v) is 2.25. The average molecular weight is 206 g/mol. The fourth-order valence-corrected chi connectivity index (χ4v) is 1.54. The first-order chi connectivity index (χ1) is 7.20. The van der Waals surface area contributed by atoms with Gasteiger partial charge in [0.05, 0.1) is 30.4 Å². The lowest BCUT2D eigenvalue weighted by Gasteiger charge is -2.04. The van der Waals surface area contributed by atoms with Crippen molar-refractivity contribution in [3.63, 3.8) is 0 Å². The highest BCUT2D eigenvalue weighted by Crippen LogP contribution is 2.18. The van der Waals surface area contributed by atoms with E-state index in [1.165, 1.54) is 6.33 Å². The molecule has 1 aromatic carbocycles. The van der Waals surface area contributed by atoms with Crippen LogP contribution < -0.4 is 0 Å². The van der Waals surface area contributed by atoms with E-state index in [1.807, 2.05) is 0 Å². The summed E-state index contributed by atoms with van der Waals surface area (Å²) < 4.78 is 0. The molecule has 0 spiro atoms. The van der Waals surface area contributed by atoms with Gasteiger partial charge in [-0.3, -0.25) is 4.79 Å². The van der Waals surface area contributed by atoms with Crippen molar-refractivity contribution < 1.29 is 15.0 Å². The number of benzene rings is 1. The number of fused-ring (bicyclic) bond motifs is 1. The van der Waals surface area contributed by atoms with Crippen molar-refractivity contribution in [2.75, 3.05) is 0 Å². The van der Waals surface area contributed by atoms with Crippen molar-refractivity contribution in [2.24, 2.45) is 0 Å². The average Bonchev–Trinajstić information content (AvgIpc) is 2.62. The Kier molecular flexibility index (Phi) is 2.39. The third kappa shape index (κ3) is 1.82. The zero-order valence-corrected chi connectivity index (χ0v) is 7.90. The van der Waals surface area contributed by atoms with Crippen LogP contribution in [0.5, 0.6) is 0 Å². The number of hydrogen-bond acceptors (Lipinski definition) is 3. The molecule has 1 aromatic heterocycles. The number of aliphatic hydroxyl groups is 1. The number of aliphatic carboxylic acids is 1. The number of hydrogen-bond donors (Lipinski definition) is 3. The summed E-state index contributed by atoms with van der Waals surface area (Å²) in [5.41, 5.74) is 2.73. The molecule has 0 bridgehead atoms. The highest BCUT2D eigenvalue weighted by molar-refractivity contribution is 5.79. The van der Waals surface area contributed by atoms with Crippen LogP contribution in [0.15, 0.2) is 18.5 Å². The van der Waals surface area contributed by atoms with Crippen LogP contribution in [0.4, 0.5) is 0 Å². The molecule has 0 saturated carbocycles. The summed E-state index contributed by atoms with van der Waals surface area (Å²) in [6.45, 7) is -0.175. The first-order valence-electron chi connectivity index (χ1n) is 4.48. The van der Waals surface area contributed by atoms with E-state index in [9.17, 15) is 4.79 Å². The fourth-order valence-electron chi connectivity index (χ4n) is 1.54. The molecule has 0 aliphatic heterocycles. The summed E-state index contributed by atoms with van der Waals surface area (Å²) in [7, 11) is 0. The largest absolute Gasteiger partial charge is 0.481 e. The van der Waals surface area contributed by atoms with E-state index in [-0.39, 0.29) is 13.0 Å². The van der Waals surface area contributed by atoms with Crippen LogP contribution in [0, 0.1) is 0 Å². The molecule has 0 atom stereocenters. The monoisotopic (exact) mass is 206 g/mol. The molecular weight excluding hydrogens is 196 g/mol. The van der Waals surface area contributed by atoms with E-state index in [0.717, 1.165) is 11.0 Å². The fraction of sp³-hybridized carbons (Fsp3) is 0.200. The van der Waals surface area contributed by atoms with E-state index >= 15 is 0 Å². The summed E-state index contributed by atoms with van der Waals surface area (Å²) >= 11 is 0. The molecule has 0 unspecified atom stereocenters. The van der Waals surface area contributed by atoms with E-state index in [4.69, 9.17) is 10.2 Å². The van der Waals surface area contributed by atoms with Crippen LogP contribution in [0.25, 0.3) is 11.0 Å². The number of nitrogens with zero attached hydrogens (tertiary/aromatic N) is 1. The van der Waals surface area contributed by atoms with E-state index in [2.05, 4.69) is 9.97 Å². The van der Waals surface area contributed by atoms with Crippen molar-refractivity contribution >= 4 is 17.0 Å². The topological polar surface area (TPSA) is 86.2 Å². The molecule has 15 heavy (non-hydrogen) atoms. The lowest BCUT2D eigenvalue weighted by Crippen LogP contribution is -2.03. The first-order valence-corrected chi connectivity index (χ1v) is 4.48. The van der Waals surface area contributed by atoms with Crippen LogP contribution in [0.3, 0.4) is 0 Å². The number of nitrogens with one attached hydrogen (secondary N) is 1. The van der Waals surface area contributed by atoms with Gasteiger partial charge in [0.1, 0.15) is 0 Å². The molecule has 0 radical (unpaired) electrons. The van der Waals surface area contributed by atoms with Gasteiger partial charge in [-0.2, -0.15) is 0 Å². The Hall–Kier alpha value is -1.88. The van der Waals surface area contributed by atoms with Crippen molar-refractivity contribution in [3.05, 3.63) is 29.6 Å². The summed E-state index contributed by atoms with van der Waals surface area (Å²) in [5, 5.41) is 17.8. The molecule has 3 N–H and O–H groups in total. The summed E-state index contributed by atoms with van der Waals surface area (Å²) in [6, 6.07) is 3.41. The second kappa shape index (κ2) is 3.70. The van der Waals surface area contributed by atoms with Gasteiger partial charge in [-0.25, -0.2) is 4.98 Å². The number of carbonyl (C=O) groups is 1. The van der Waals surface area contributed by atoms with Gasteiger partial charge in [-0.1, -0.05) is 0 Å². The van der Waals surface area contributed by atoms with E-state index in [1.54, 1.807) is 12.1 Å². The molecule has 1 heterocycles. The molecule has 0 aliphatic rings. The smallest absolute Gasteiger partial charge is 0.307 e. The molecule has 5 nitrogen and oxygen atoms in total. The number of carboxylic acid groups (broad SMARTS) is 1. The number of aromatic nitrogens is 2. The van der Waals surface area contributed by atoms with Gasteiger partial charge in [0.2, 0.25) is 0 Å². The predicted octanol–water partition coefficient (Wildman–Crippen LogP) is 0.682. The number of H-pyrrole nitrogens is 1. The van der Waals surface area contributed by atoms with Crippen LogP contribution in [-0.2, 0) is 17.8 Å². The number of carboxylic acids is 1. The van der Waals surface area contributed by atoms with Crippen molar-refractivity contribution in [3.8, 4) is 0 Å². The quantitative estimate of drug-likeness (QED) is 0.689. The minimum atomic E-state index is -0.913. The lowest BCUT2D eigenvalue weighted by molar-refractivity contribution is -0.136. The molecule has 0 amide bonds. The Balaban J connectivity index is 2.54. The Morgan fingerprint density at radius 1 is 1.40 bits per heavy atom. The Labute approximate surface area is 85.4 Å². The van der Waals surface area contributed by atoms with Crippen LogP contribution >= 0.6 is 0 Å². The zero-order chi connectivity index (χ0) is 10.8. The van der Waals surface area contributed by atoms with Crippen molar-refractivity contribution in [2.45, 2.75) is 13.0 Å². The Morgan fingerprint density at radius 3 is 2.87 bits per heavy atom. The van der Waals surface area contributed by atoms with Crippen LogP contribution in [-0.4, -0.2) is 26.2 Å². The number of aliphatic hydroxyl groups excluding tert-OH is 1. The summed E-state index contributed by atoms with van der Waals surface area (Å²) in [5.74, 6) is -0.913. The second-order valence-corrected chi connectivity index (χ2v) is 3.27. The molecule has 78 valence electrons. The first kappa shape index (κ1) is 9.67. The minimum absolute atomic E-state index is 0.0924. The molecule has 5 heteroatoms. The SMILES string of the molecule is O=C(O)Cc1cc2[nH]cnc2cc1CO. The van der Waals surface area contributed by atoms with Gasteiger partial charge < -0.3 is 15.2 Å². The highest BCUT2D eigenvalue weighted by Gasteiger charge is 2.09. The number of imidazole rings is 1. The summed E-state index contributed by atoms with van der Waals surface area (Å²) in [6.07, 6.45) is 1.45. The second-order valence-electron chi connectivity index (χ2n) is 3.27. The van der Waals surface area contributed by atoms with Crippen LogP contribution in [0.1, 0.15) is 11.1 Å². The van der Waals surface area contributed by atoms with Crippen molar-refractivity contribution in [1.29, 1.82) is 0 Å². The van der Waals surface area contributed by atoms with Gasteiger partial charge in [-0.05, 0) is 23.3 Å². The maximum Gasteiger partial charge on any atom is 0.307 e. The van der Waals surface area contributed by atoms with Gasteiger partial charge >= 0.3 is 5.97 Å². The molecule has 0 aliphatic carbocycles. The lowest BCUT2D eigenvalue weighted by atomic mass is 10.0. The highest BCUT2D eigenvalue weighted by atomic mass is 16.4. The Morgan fingerprint density at radius 2 is 2.20 bits per heavy atom. The Bertz CT molecular complexity index is 504. The predicted molar refractivity (Wildman–Crippen MR) is 53.4 cm³/mol. The molecule has 2 rings (SSSR count). The summed E-state index contributed by atoms with van der Waals surface area (Å²) in [4.78, 5) is 17.5. The molecule has 0 fully saturated rings. The van der Waals surface area contributed by atoms with Crippen LogP contribution in [0.2, 0.25) is 0 Å². The van der Waals surface area contributed by atoms with Gasteiger partial charge in [0, 0.05) is 0 Å². The third-order valence-electron chi connectivity index (χ3n) is 2.25. The van der Waals surface area contributed by atoms with Gasteiger partial charge in [-0.15, -0.1) is 0 Å². The number of rotatable bonds is 3. The number of aromatic amines is 1. The standard InChI is InChI=1S/C10H10N2O3/c13-4-7-2-9-8(11-5-12-9)1-6(7)3-10(14)15/h1-2,5,13H,3-4H2,(H,11,12)(H,14,15). The maximum atomic E-state index is 10.6. The molecule has 0 saturated heterocycles.